The predicted octanol–water partition coefficient (Wildman–Crippen LogP) is 3.99. The quantitative estimate of drug-likeness (QED) is 0.157. The zero-order valence-electron chi connectivity index (χ0n) is 15.6. The van der Waals surface area contributed by atoms with Gasteiger partial charge in [-0.3, -0.25) is 9.68 Å². The van der Waals surface area contributed by atoms with E-state index in [1.54, 1.807) is 55.5 Å². The van der Waals surface area contributed by atoms with Crippen LogP contribution in [0.1, 0.15) is 28.8 Å². The molecule has 0 aliphatic heterocycles. The van der Waals surface area contributed by atoms with Crippen LogP contribution in [-0.4, -0.2) is 32.3 Å². The standard InChI is InChI=1S/C19H19ClO6.H2OP/c1-12(23-2)25-26-19(22)16(13-8-5-4-6-9-13)18(21)17-14(20)10-7-11-15(17)24-3;1-2/h4-12,16H,1-3H3;2H2/q;+1. The molecule has 7 nitrogen and oxygen atoms in total. The summed E-state index contributed by atoms with van der Waals surface area (Å²) in [6.07, 6.45) is -0.777. The largest absolute Gasteiger partial charge is 0.496 e. The normalized spacial score (nSPS) is 12.1. The number of halogens is 1. The van der Waals surface area contributed by atoms with Gasteiger partial charge in [-0.15, -0.1) is 0 Å². The van der Waals surface area contributed by atoms with Crippen molar-refractivity contribution < 1.29 is 33.4 Å². The summed E-state index contributed by atoms with van der Waals surface area (Å²) in [6.45, 7) is 1.55. The molecule has 2 rings (SSSR count). The first-order chi connectivity index (χ1) is 13.5. The lowest BCUT2D eigenvalue weighted by atomic mass is 9.90. The predicted molar refractivity (Wildman–Crippen MR) is 106 cm³/mol. The van der Waals surface area contributed by atoms with E-state index in [0.717, 1.165) is 0 Å². The van der Waals surface area contributed by atoms with E-state index >= 15 is 0 Å². The zero-order valence-corrected chi connectivity index (χ0v) is 17.5. The minimum absolute atomic E-state index is 0.0993. The van der Waals surface area contributed by atoms with Crippen LogP contribution in [-0.2, 0) is 23.9 Å². The van der Waals surface area contributed by atoms with Gasteiger partial charge >= 0.3 is 15.1 Å². The molecule has 0 radical (unpaired) electrons. The van der Waals surface area contributed by atoms with Crippen LogP contribution in [0.4, 0.5) is 0 Å². The molecule has 150 valence electrons. The highest BCUT2D eigenvalue weighted by Crippen LogP contribution is 2.32. The van der Waals surface area contributed by atoms with E-state index in [-0.39, 0.29) is 16.3 Å². The van der Waals surface area contributed by atoms with Gasteiger partial charge in [0.15, 0.2) is 12.1 Å². The lowest BCUT2D eigenvalue weighted by Gasteiger charge is -2.18. The van der Waals surface area contributed by atoms with Crippen molar-refractivity contribution in [3.8, 4) is 5.75 Å². The molecule has 0 spiro atoms. The van der Waals surface area contributed by atoms with E-state index in [1.165, 1.54) is 23.3 Å². The van der Waals surface area contributed by atoms with E-state index in [9.17, 15) is 9.59 Å². The molecule has 3 atom stereocenters. The van der Waals surface area contributed by atoms with Gasteiger partial charge in [-0.1, -0.05) is 52.6 Å². The smallest absolute Gasteiger partial charge is 0.357 e. The number of hydrogen-bond acceptors (Lipinski definition) is 7. The van der Waals surface area contributed by atoms with E-state index in [4.69, 9.17) is 35.4 Å². The molecule has 0 aromatic heterocycles. The van der Waals surface area contributed by atoms with Crippen LogP contribution < -0.4 is 4.74 Å². The fourth-order valence-corrected chi connectivity index (χ4v) is 2.56. The van der Waals surface area contributed by atoms with Crippen LogP contribution >= 0.6 is 20.7 Å². The molecule has 3 unspecified atom stereocenters. The van der Waals surface area contributed by atoms with Crippen molar-refractivity contribution in [2.24, 2.45) is 0 Å². The first kappa shape index (κ1) is 23.7. The third-order valence-corrected chi connectivity index (χ3v) is 3.99. The molecular weight excluding hydrogens is 407 g/mol. The summed E-state index contributed by atoms with van der Waals surface area (Å²) in [6, 6.07) is 13.3. The van der Waals surface area contributed by atoms with Crippen molar-refractivity contribution in [3.05, 3.63) is 64.7 Å². The summed E-state index contributed by atoms with van der Waals surface area (Å²) < 4.78 is 18.2. The highest BCUT2D eigenvalue weighted by atomic mass is 35.5. The van der Waals surface area contributed by atoms with Gasteiger partial charge in [0, 0.05) is 7.11 Å². The van der Waals surface area contributed by atoms with E-state index < -0.39 is 24.0 Å². The Hall–Kier alpha value is -2.31. The SMILES string of the molecule is COc1cccc(Cl)c1C(=O)C(C(=O)OOC(C)OC)c1ccccc1.O=[PH2+]. The van der Waals surface area contributed by atoms with Crippen molar-refractivity contribution >= 4 is 32.5 Å². The molecule has 2 aromatic rings. The van der Waals surface area contributed by atoms with Gasteiger partial charge in [-0.2, -0.15) is 4.89 Å². The van der Waals surface area contributed by atoms with Gasteiger partial charge in [0.25, 0.3) is 0 Å². The topological polar surface area (TPSA) is 88.1 Å². The Bertz CT molecular complexity index is 785. The molecule has 0 N–H and O–H groups in total. The van der Waals surface area contributed by atoms with Crippen molar-refractivity contribution in [2.45, 2.75) is 19.1 Å². The maximum atomic E-state index is 13.1. The van der Waals surface area contributed by atoms with Crippen molar-refractivity contribution in [3.63, 3.8) is 0 Å². The van der Waals surface area contributed by atoms with Gasteiger partial charge in [0.05, 0.1) is 17.7 Å². The van der Waals surface area contributed by atoms with E-state index in [1.807, 2.05) is 0 Å². The summed E-state index contributed by atoms with van der Waals surface area (Å²) in [5.41, 5.74) is 0.542. The van der Waals surface area contributed by atoms with Crippen LogP contribution in [0.5, 0.6) is 5.75 Å². The molecule has 0 aliphatic rings. The van der Waals surface area contributed by atoms with Crippen LogP contribution in [0.25, 0.3) is 0 Å². The Balaban J connectivity index is 0.00000190. The summed E-state index contributed by atoms with van der Waals surface area (Å²) in [5.74, 6) is -2.44. The van der Waals surface area contributed by atoms with Crippen molar-refractivity contribution in [1.82, 2.24) is 0 Å². The minimum atomic E-state index is -1.27. The highest BCUT2D eigenvalue weighted by molar-refractivity contribution is 7.00. The molecule has 0 heterocycles. The van der Waals surface area contributed by atoms with Crippen LogP contribution in [0.15, 0.2) is 48.5 Å². The third kappa shape index (κ3) is 6.11. The number of benzene rings is 2. The molecule has 0 saturated heterocycles. The Labute approximate surface area is 170 Å². The second-order valence-electron chi connectivity index (χ2n) is 5.33. The fraction of sp³-hybridized carbons (Fsp3) is 0.263. The fourth-order valence-electron chi connectivity index (χ4n) is 2.30. The monoisotopic (exact) mass is 427 g/mol. The number of rotatable bonds is 8. The molecule has 0 aliphatic carbocycles. The number of Topliss-reactive ketones (excluding diaryl/α,β-unsaturated/α-hetero) is 1. The maximum Gasteiger partial charge on any atom is 0.357 e. The number of carbonyl (C=O) groups is 2. The van der Waals surface area contributed by atoms with Crippen molar-refractivity contribution in [2.75, 3.05) is 14.2 Å². The summed E-state index contributed by atoms with van der Waals surface area (Å²) in [5, 5.41) is 0.175. The van der Waals surface area contributed by atoms with Gasteiger partial charge < -0.3 is 9.47 Å². The molecule has 0 saturated carbocycles. The molecule has 9 heteroatoms. The second-order valence-corrected chi connectivity index (χ2v) is 5.73. The first-order valence-electron chi connectivity index (χ1n) is 8.04. The second kappa shape index (κ2) is 12.2. The molecular formula is C19H21ClO7P+. The van der Waals surface area contributed by atoms with Gasteiger partial charge in [-0.25, -0.2) is 4.79 Å². The number of methoxy groups -OCH3 is 2. The molecule has 2 aromatic carbocycles. The Morgan fingerprint density at radius 3 is 2.21 bits per heavy atom. The van der Waals surface area contributed by atoms with Crippen LogP contribution in [0.3, 0.4) is 0 Å². The molecule has 28 heavy (non-hydrogen) atoms. The number of ether oxygens (including phenoxy) is 2. The Kier molecular flexibility index (Phi) is 10.3. The average molecular weight is 428 g/mol. The lowest BCUT2D eigenvalue weighted by Crippen LogP contribution is -2.27. The zero-order chi connectivity index (χ0) is 21.1. The average Bonchev–Trinajstić information content (AvgIpc) is 2.73. The lowest BCUT2D eigenvalue weighted by molar-refractivity contribution is -0.342. The molecule has 0 amide bonds. The van der Waals surface area contributed by atoms with Gasteiger partial charge in [-0.05, 0) is 24.6 Å². The maximum absolute atomic E-state index is 13.1. The summed E-state index contributed by atoms with van der Waals surface area (Å²) >= 11 is 6.19. The van der Waals surface area contributed by atoms with Crippen LogP contribution in [0, 0.1) is 0 Å². The number of ketones is 1. The minimum Gasteiger partial charge on any atom is -0.496 e. The van der Waals surface area contributed by atoms with Gasteiger partial charge in [0.1, 0.15) is 11.7 Å². The Morgan fingerprint density at radius 2 is 1.64 bits per heavy atom. The third-order valence-electron chi connectivity index (χ3n) is 3.67. The van der Waals surface area contributed by atoms with Gasteiger partial charge in [0.2, 0.25) is 0 Å². The molecule has 0 fully saturated rings. The number of carbonyl (C=O) groups excluding carboxylic acids is 2. The number of hydrogen-bond donors (Lipinski definition) is 0. The van der Waals surface area contributed by atoms with Crippen molar-refractivity contribution in [1.29, 1.82) is 0 Å². The van der Waals surface area contributed by atoms with E-state index in [0.29, 0.717) is 5.56 Å². The Morgan fingerprint density at radius 1 is 1.00 bits per heavy atom. The highest BCUT2D eigenvalue weighted by Gasteiger charge is 2.35. The summed E-state index contributed by atoms with van der Waals surface area (Å²) in [4.78, 5) is 35.4. The molecule has 0 bridgehead atoms. The first-order valence-corrected chi connectivity index (χ1v) is 8.89. The van der Waals surface area contributed by atoms with E-state index in [2.05, 4.69) is 0 Å². The summed E-state index contributed by atoms with van der Waals surface area (Å²) in [7, 11) is 3.98. The van der Waals surface area contributed by atoms with Crippen LogP contribution in [0.2, 0.25) is 5.02 Å².